The van der Waals surface area contributed by atoms with Crippen molar-refractivity contribution in [2.24, 2.45) is 0 Å². The second-order valence-electron chi connectivity index (χ2n) is 8.91. The summed E-state index contributed by atoms with van der Waals surface area (Å²) in [4.78, 5) is 44.8. The van der Waals surface area contributed by atoms with Crippen molar-refractivity contribution < 1.29 is 24.2 Å². The summed E-state index contributed by atoms with van der Waals surface area (Å²) in [5.41, 5.74) is 6.28. The van der Waals surface area contributed by atoms with Gasteiger partial charge in [-0.2, -0.15) is 4.98 Å². The van der Waals surface area contributed by atoms with Gasteiger partial charge in [-0.25, -0.2) is 19.7 Å². The maximum Gasteiger partial charge on any atom is 0.343 e. The molecule has 0 saturated carbocycles. The maximum absolute atomic E-state index is 13.3. The van der Waals surface area contributed by atoms with E-state index in [0.29, 0.717) is 35.6 Å². The Kier molecular flexibility index (Phi) is 9.51. The first-order valence-corrected chi connectivity index (χ1v) is 13.1. The Bertz CT molecular complexity index is 1370. The van der Waals surface area contributed by atoms with Crippen LogP contribution in [0.2, 0.25) is 5.02 Å². The topological polar surface area (TPSA) is 164 Å². The number of hydrazine groups is 1. The summed E-state index contributed by atoms with van der Waals surface area (Å²) in [5.74, 6) is 0.484. The van der Waals surface area contributed by atoms with Crippen molar-refractivity contribution in [3.8, 4) is 5.75 Å². The van der Waals surface area contributed by atoms with E-state index in [9.17, 15) is 14.7 Å². The predicted octanol–water partition coefficient (Wildman–Crippen LogP) is 2.74. The molecule has 3 aromatic rings. The zero-order valence-corrected chi connectivity index (χ0v) is 23.2. The Balaban J connectivity index is 1.58. The lowest BCUT2D eigenvalue weighted by molar-refractivity contribution is 0.0526. The molecule has 13 nitrogen and oxygen atoms in total. The van der Waals surface area contributed by atoms with Gasteiger partial charge in [-0.15, -0.1) is 0 Å². The van der Waals surface area contributed by atoms with E-state index < -0.39 is 11.9 Å². The molecule has 1 aliphatic rings. The van der Waals surface area contributed by atoms with Crippen molar-refractivity contribution in [3.05, 3.63) is 58.1 Å². The number of aryl methyl sites for hydroxylation is 1. The quantitative estimate of drug-likeness (QED) is 0.197. The second kappa shape index (κ2) is 13.2. The SMILES string of the molecule is CCOC(=O)c1cnc(C)nc1NNC(=O)c1cnc(N2CCC[C@H]2CO)nc1NCc1ccc(OC)c(Cl)c1. The molecule has 1 aromatic carbocycles. The summed E-state index contributed by atoms with van der Waals surface area (Å²) in [6.45, 7) is 4.48. The van der Waals surface area contributed by atoms with Crippen LogP contribution in [0.4, 0.5) is 17.6 Å². The van der Waals surface area contributed by atoms with Crippen molar-refractivity contribution in [2.45, 2.75) is 39.3 Å². The van der Waals surface area contributed by atoms with E-state index >= 15 is 0 Å². The lowest BCUT2D eigenvalue weighted by atomic mass is 10.2. The van der Waals surface area contributed by atoms with E-state index in [4.69, 9.17) is 21.1 Å². The Labute approximate surface area is 236 Å². The third kappa shape index (κ3) is 6.66. The largest absolute Gasteiger partial charge is 0.495 e. The number of hydrogen-bond donors (Lipinski definition) is 4. The second-order valence-corrected chi connectivity index (χ2v) is 9.31. The molecule has 1 atom stereocenters. The van der Waals surface area contributed by atoms with Crippen LogP contribution in [0.1, 0.15) is 51.9 Å². The molecule has 0 spiro atoms. The number of benzene rings is 1. The summed E-state index contributed by atoms with van der Waals surface area (Å²) in [6, 6.07) is 5.26. The number of nitrogens with zero attached hydrogens (tertiary/aromatic N) is 5. The number of hydrogen-bond acceptors (Lipinski definition) is 12. The van der Waals surface area contributed by atoms with Crippen LogP contribution in [0.3, 0.4) is 0 Å². The standard InChI is InChI=1S/C26H31ClN8O5/c1-4-40-25(38)19-13-28-15(2)31-23(19)33-34-24(37)18-12-30-26(35-9-5-6-17(35)14-36)32-22(18)29-11-16-7-8-21(39-3)20(27)10-16/h7-8,10,12-13,17,36H,4-6,9,11,14H2,1-3H3,(H,34,37)(H,28,31,33)(H,29,30,32)/t17-/m0/s1. The number of carbonyl (C=O) groups is 2. The molecular formula is C26H31ClN8O5. The number of carbonyl (C=O) groups excluding carboxylic acids is 2. The highest BCUT2D eigenvalue weighted by Gasteiger charge is 2.27. The van der Waals surface area contributed by atoms with E-state index in [1.807, 2.05) is 11.0 Å². The van der Waals surface area contributed by atoms with E-state index in [0.717, 1.165) is 18.4 Å². The molecule has 4 N–H and O–H groups in total. The highest BCUT2D eigenvalue weighted by atomic mass is 35.5. The Morgan fingerprint density at radius 2 is 1.98 bits per heavy atom. The number of methoxy groups -OCH3 is 1. The summed E-state index contributed by atoms with van der Waals surface area (Å²) in [5, 5.41) is 13.4. The van der Waals surface area contributed by atoms with Crippen molar-refractivity contribution >= 4 is 41.1 Å². The fraction of sp³-hybridized carbons (Fsp3) is 0.385. The van der Waals surface area contributed by atoms with Crippen LogP contribution in [0.15, 0.2) is 30.6 Å². The third-order valence-corrected chi connectivity index (χ3v) is 6.54. The molecular weight excluding hydrogens is 540 g/mol. The Hall–Kier alpha value is -4.23. The van der Waals surface area contributed by atoms with Crippen LogP contribution >= 0.6 is 11.6 Å². The normalized spacial score (nSPS) is 14.5. The number of rotatable bonds is 11. The minimum atomic E-state index is -0.628. The van der Waals surface area contributed by atoms with Crippen LogP contribution in [0, 0.1) is 6.92 Å². The highest BCUT2D eigenvalue weighted by Crippen LogP contribution is 2.27. The third-order valence-electron chi connectivity index (χ3n) is 6.24. The number of esters is 1. The number of aliphatic hydroxyl groups excluding tert-OH is 1. The fourth-order valence-corrected chi connectivity index (χ4v) is 4.49. The molecule has 2 aromatic heterocycles. The first-order chi connectivity index (χ1) is 19.3. The predicted molar refractivity (Wildman–Crippen MR) is 149 cm³/mol. The average molecular weight is 571 g/mol. The molecule has 0 bridgehead atoms. The first-order valence-electron chi connectivity index (χ1n) is 12.7. The van der Waals surface area contributed by atoms with Crippen molar-refractivity contribution in [1.29, 1.82) is 0 Å². The molecule has 40 heavy (non-hydrogen) atoms. The number of aliphatic hydroxyl groups is 1. The molecule has 212 valence electrons. The zero-order valence-electron chi connectivity index (χ0n) is 22.4. The average Bonchev–Trinajstić information content (AvgIpc) is 3.44. The number of halogens is 1. The molecule has 4 rings (SSSR count). The summed E-state index contributed by atoms with van der Waals surface area (Å²) in [7, 11) is 1.54. The molecule has 0 radical (unpaired) electrons. The molecule has 3 heterocycles. The maximum atomic E-state index is 13.3. The van der Waals surface area contributed by atoms with Gasteiger partial charge in [0.2, 0.25) is 5.95 Å². The van der Waals surface area contributed by atoms with Gasteiger partial charge in [0.25, 0.3) is 5.91 Å². The summed E-state index contributed by atoms with van der Waals surface area (Å²) < 4.78 is 10.3. The van der Waals surface area contributed by atoms with Crippen LogP contribution < -0.4 is 25.8 Å². The molecule has 1 saturated heterocycles. The van der Waals surface area contributed by atoms with Crippen LogP contribution in [0.5, 0.6) is 5.75 Å². The number of nitrogens with one attached hydrogen (secondary N) is 3. The first kappa shape index (κ1) is 28.8. The summed E-state index contributed by atoms with van der Waals surface area (Å²) >= 11 is 6.28. The lowest BCUT2D eigenvalue weighted by Gasteiger charge is -2.24. The number of amides is 1. The van der Waals surface area contributed by atoms with Gasteiger partial charge in [0, 0.05) is 25.5 Å². The lowest BCUT2D eigenvalue weighted by Crippen LogP contribution is -2.35. The van der Waals surface area contributed by atoms with E-state index in [-0.39, 0.29) is 42.0 Å². The number of anilines is 3. The van der Waals surface area contributed by atoms with E-state index in [1.54, 1.807) is 26.0 Å². The van der Waals surface area contributed by atoms with Crippen molar-refractivity contribution in [3.63, 3.8) is 0 Å². The van der Waals surface area contributed by atoms with Gasteiger partial charge in [-0.05, 0) is 44.4 Å². The molecule has 1 aliphatic heterocycles. The Morgan fingerprint density at radius 3 is 2.70 bits per heavy atom. The highest BCUT2D eigenvalue weighted by molar-refractivity contribution is 6.32. The molecule has 0 aliphatic carbocycles. The summed E-state index contributed by atoms with van der Waals surface area (Å²) in [6.07, 6.45) is 4.45. The van der Waals surface area contributed by atoms with Crippen LogP contribution in [0.25, 0.3) is 0 Å². The van der Waals surface area contributed by atoms with Crippen LogP contribution in [-0.2, 0) is 11.3 Å². The van der Waals surface area contributed by atoms with Gasteiger partial charge >= 0.3 is 5.97 Å². The van der Waals surface area contributed by atoms with Gasteiger partial charge in [0.05, 0.1) is 31.4 Å². The molecule has 0 unspecified atom stereocenters. The van der Waals surface area contributed by atoms with E-state index in [1.165, 1.54) is 19.5 Å². The minimum absolute atomic E-state index is 0.0240. The molecule has 1 fully saturated rings. The number of ether oxygens (including phenoxy) is 2. The van der Waals surface area contributed by atoms with Gasteiger partial charge in [0.1, 0.15) is 28.5 Å². The van der Waals surface area contributed by atoms with Gasteiger partial charge < -0.3 is 24.8 Å². The van der Waals surface area contributed by atoms with Crippen molar-refractivity contribution in [2.75, 3.05) is 42.5 Å². The van der Waals surface area contributed by atoms with Gasteiger partial charge in [-0.3, -0.25) is 15.6 Å². The number of aromatic nitrogens is 4. The monoisotopic (exact) mass is 570 g/mol. The molecule has 1 amide bonds. The zero-order chi connectivity index (χ0) is 28.6. The minimum Gasteiger partial charge on any atom is -0.495 e. The van der Waals surface area contributed by atoms with Crippen molar-refractivity contribution in [1.82, 2.24) is 25.4 Å². The van der Waals surface area contributed by atoms with Gasteiger partial charge in [-0.1, -0.05) is 17.7 Å². The smallest absolute Gasteiger partial charge is 0.343 e. The Morgan fingerprint density at radius 1 is 1.18 bits per heavy atom. The molecule has 14 heteroatoms. The fourth-order valence-electron chi connectivity index (χ4n) is 4.21. The van der Waals surface area contributed by atoms with Crippen LogP contribution in [-0.4, -0.2) is 69.8 Å². The van der Waals surface area contributed by atoms with Gasteiger partial charge in [0.15, 0.2) is 5.82 Å². The van der Waals surface area contributed by atoms with E-state index in [2.05, 4.69) is 36.1 Å².